The van der Waals surface area contributed by atoms with Crippen molar-refractivity contribution in [2.24, 2.45) is 0 Å². The predicted octanol–water partition coefficient (Wildman–Crippen LogP) is 4.82. The minimum atomic E-state index is -5.08. The molecule has 1 aromatic heterocycles. The van der Waals surface area contributed by atoms with Crippen molar-refractivity contribution in [3.63, 3.8) is 0 Å². The van der Waals surface area contributed by atoms with Crippen molar-refractivity contribution >= 4 is 39.0 Å². The number of carboxylic acid groups (broad SMARTS) is 2. The molecule has 10 nitrogen and oxygen atoms in total. The Morgan fingerprint density at radius 2 is 1.71 bits per heavy atom. The van der Waals surface area contributed by atoms with Crippen LogP contribution in [0.3, 0.4) is 0 Å². The van der Waals surface area contributed by atoms with Gasteiger partial charge in [0.1, 0.15) is 17.1 Å². The zero-order valence-corrected chi connectivity index (χ0v) is 22.7. The Labute approximate surface area is 233 Å². The predicted molar refractivity (Wildman–Crippen MR) is 145 cm³/mol. The van der Waals surface area contributed by atoms with E-state index < -0.39 is 28.1 Å². The highest BCUT2D eigenvalue weighted by atomic mass is 32.2. The van der Waals surface area contributed by atoms with Gasteiger partial charge in [-0.25, -0.2) is 23.0 Å². The first-order valence-electron chi connectivity index (χ1n) is 11.9. The number of aromatic nitrogens is 1. The molecule has 1 aliphatic heterocycles. The monoisotopic (exact) mass is 593 g/mol. The Bertz CT molecular complexity index is 1560. The number of aromatic carboxylic acids is 1. The van der Waals surface area contributed by atoms with E-state index in [1.807, 2.05) is 17.0 Å². The van der Waals surface area contributed by atoms with Gasteiger partial charge in [-0.1, -0.05) is 30.3 Å². The van der Waals surface area contributed by atoms with E-state index in [1.165, 1.54) is 60.3 Å². The Kier molecular flexibility index (Phi) is 9.60. The van der Waals surface area contributed by atoms with Gasteiger partial charge in [-0.05, 0) is 60.4 Å². The van der Waals surface area contributed by atoms with Crippen LogP contribution in [-0.2, 0) is 14.8 Å². The van der Waals surface area contributed by atoms with Crippen LogP contribution in [0.2, 0.25) is 0 Å². The Balaban J connectivity index is 0.000000587. The smallest absolute Gasteiger partial charge is 0.490 e. The number of aryl methyl sites for hydroxylation is 1. The number of sulfonamides is 1. The van der Waals surface area contributed by atoms with Crippen molar-refractivity contribution in [3.8, 4) is 5.75 Å². The van der Waals surface area contributed by atoms with Gasteiger partial charge in [0.2, 0.25) is 0 Å². The average molecular weight is 594 g/mol. The second-order valence-corrected chi connectivity index (χ2v) is 10.4. The van der Waals surface area contributed by atoms with Crippen LogP contribution >= 0.6 is 0 Å². The first-order valence-corrected chi connectivity index (χ1v) is 13.4. The van der Waals surface area contributed by atoms with E-state index in [0.717, 1.165) is 6.42 Å². The number of carboxylic acids is 2. The third-order valence-electron chi connectivity index (χ3n) is 5.96. The highest BCUT2D eigenvalue weighted by Gasteiger charge is 2.38. The van der Waals surface area contributed by atoms with Gasteiger partial charge in [-0.2, -0.15) is 13.2 Å². The number of benzene rings is 2. The number of nitrogens with one attached hydrogen (secondary N) is 1. The van der Waals surface area contributed by atoms with Crippen LogP contribution in [0.4, 0.5) is 24.7 Å². The van der Waals surface area contributed by atoms with E-state index in [0.29, 0.717) is 24.7 Å². The molecule has 1 aliphatic rings. The highest BCUT2D eigenvalue weighted by Crippen LogP contribution is 2.30. The molecule has 0 aliphatic carbocycles. The molecule has 0 spiro atoms. The van der Waals surface area contributed by atoms with Gasteiger partial charge in [0.15, 0.2) is 0 Å². The molecular formula is C27H26F3N3O7S. The molecular weight excluding hydrogens is 567 g/mol. The Hall–Kier alpha value is -4.59. The van der Waals surface area contributed by atoms with Crippen molar-refractivity contribution in [3.05, 3.63) is 83.6 Å². The van der Waals surface area contributed by atoms with Gasteiger partial charge in [0, 0.05) is 13.1 Å². The standard InChI is InChI=1S/C25H25N3O5S.C2HF3O2/c1-17-5-3-4-6-22(17)18-11-13-28(14-12-18)24-23(25(29)30)15-19(16-26-24)27-34(31,32)21-9-7-20(33-2)8-10-21;3-2(4,5)1(6)7/h3-11,15-16,27H,12-14H2,1-2H3,(H,29,30);(H,6,7). The number of ether oxygens (including phenoxy) is 1. The fourth-order valence-corrected chi connectivity index (χ4v) is 4.97. The molecule has 0 saturated carbocycles. The first kappa shape index (κ1) is 30.9. The summed E-state index contributed by atoms with van der Waals surface area (Å²) in [6.45, 7) is 3.18. The molecule has 0 radical (unpaired) electrons. The summed E-state index contributed by atoms with van der Waals surface area (Å²) >= 11 is 0. The molecule has 3 aromatic rings. The van der Waals surface area contributed by atoms with Crippen molar-refractivity contribution in [2.75, 3.05) is 29.8 Å². The average Bonchev–Trinajstić information content (AvgIpc) is 2.93. The molecule has 14 heteroatoms. The lowest BCUT2D eigenvalue weighted by atomic mass is 9.95. The maximum absolute atomic E-state index is 12.7. The van der Waals surface area contributed by atoms with Gasteiger partial charge < -0.3 is 19.8 Å². The summed E-state index contributed by atoms with van der Waals surface area (Å²) in [6.07, 6.45) is -0.916. The molecule has 0 fully saturated rings. The number of alkyl halides is 3. The largest absolute Gasteiger partial charge is 0.497 e. The lowest BCUT2D eigenvalue weighted by Crippen LogP contribution is -2.30. The van der Waals surface area contributed by atoms with Crippen LogP contribution in [0.5, 0.6) is 5.75 Å². The lowest BCUT2D eigenvalue weighted by Gasteiger charge is -2.29. The summed E-state index contributed by atoms with van der Waals surface area (Å²) < 4.78 is 64.6. The van der Waals surface area contributed by atoms with Crippen molar-refractivity contribution < 1.29 is 46.1 Å². The summed E-state index contributed by atoms with van der Waals surface area (Å²) in [5.74, 6) is -3.10. The van der Waals surface area contributed by atoms with Crippen molar-refractivity contribution in [1.82, 2.24) is 4.98 Å². The van der Waals surface area contributed by atoms with Crippen LogP contribution in [0.1, 0.15) is 27.9 Å². The van der Waals surface area contributed by atoms with Gasteiger partial charge in [-0.15, -0.1) is 0 Å². The number of anilines is 2. The second kappa shape index (κ2) is 12.7. The van der Waals surface area contributed by atoms with Gasteiger partial charge in [-0.3, -0.25) is 4.72 Å². The van der Waals surface area contributed by atoms with Crippen molar-refractivity contribution in [1.29, 1.82) is 0 Å². The van der Waals surface area contributed by atoms with E-state index >= 15 is 0 Å². The molecule has 2 heterocycles. The van der Waals surface area contributed by atoms with Gasteiger partial charge >= 0.3 is 18.1 Å². The zero-order chi connectivity index (χ0) is 30.4. The number of hydrogen-bond donors (Lipinski definition) is 3. The first-order chi connectivity index (χ1) is 19.2. The van der Waals surface area contributed by atoms with Crippen molar-refractivity contribution in [2.45, 2.75) is 24.4 Å². The SMILES string of the molecule is COc1ccc(S(=O)(=O)Nc2cnc(N3CC=C(c4ccccc4C)CC3)c(C(=O)O)c2)cc1.O=C(O)C(F)(F)F. The number of halogens is 3. The van der Waals surface area contributed by atoms with Crippen LogP contribution < -0.4 is 14.4 Å². The van der Waals surface area contributed by atoms with E-state index in [2.05, 4.69) is 34.8 Å². The van der Waals surface area contributed by atoms with Gasteiger partial charge in [0.25, 0.3) is 10.0 Å². The number of aliphatic carboxylic acids is 1. The third-order valence-corrected chi connectivity index (χ3v) is 7.36. The van der Waals surface area contributed by atoms with E-state index in [-0.39, 0.29) is 16.1 Å². The Morgan fingerprint density at radius 1 is 1.07 bits per heavy atom. The molecule has 0 saturated heterocycles. The molecule has 0 amide bonds. The number of pyridine rings is 1. The van der Waals surface area contributed by atoms with E-state index in [4.69, 9.17) is 14.6 Å². The third kappa shape index (κ3) is 7.97. The molecule has 4 rings (SSSR count). The molecule has 41 heavy (non-hydrogen) atoms. The van der Waals surface area contributed by atoms with Crippen LogP contribution in [0.25, 0.3) is 5.57 Å². The number of nitrogens with zero attached hydrogens (tertiary/aromatic N) is 2. The summed E-state index contributed by atoms with van der Waals surface area (Å²) in [6, 6.07) is 15.3. The number of rotatable bonds is 7. The topological polar surface area (TPSA) is 146 Å². The molecule has 0 bridgehead atoms. The van der Waals surface area contributed by atoms with Crippen LogP contribution in [-0.4, -0.2) is 61.9 Å². The minimum absolute atomic E-state index is 0.0270. The second-order valence-electron chi connectivity index (χ2n) is 8.72. The highest BCUT2D eigenvalue weighted by molar-refractivity contribution is 7.92. The fourth-order valence-electron chi connectivity index (χ4n) is 3.93. The maximum Gasteiger partial charge on any atom is 0.490 e. The summed E-state index contributed by atoms with van der Waals surface area (Å²) in [4.78, 5) is 27.1. The summed E-state index contributed by atoms with van der Waals surface area (Å²) in [7, 11) is -2.43. The van der Waals surface area contributed by atoms with Crippen LogP contribution in [0.15, 0.2) is 71.8 Å². The summed E-state index contributed by atoms with van der Waals surface area (Å²) in [5, 5.41) is 16.9. The Morgan fingerprint density at radius 3 is 2.22 bits per heavy atom. The maximum atomic E-state index is 12.7. The minimum Gasteiger partial charge on any atom is -0.497 e. The molecule has 3 N–H and O–H groups in total. The van der Waals surface area contributed by atoms with E-state index in [9.17, 15) is 31.5 Å². The fraction of sp³-hybridized carbons (Fsp3) is 0.222. The summed E-state index contributed by atoms with van der Waals surface area (Å²) in [5.41, 5.74) is 3.61. The number of methoxy groups -OCH3 is 1. The molecule has 218 valence electrons. The zero-order valence-electron chi connectivity index (χ0n) is 21.8. The van der Waals surface area contributed by atoms with Crippen LogP contribution in [0, 0.1) is 6.92 Å². The normalized spacial score (nSPS) is 13.4. The van der Waals surface area contributed by atoms with E-state index in [1.54, 1.807) is 0 Å². The molecule has 0 unspecified atom stereocenters. The molecule has 2 aromatic carbocycles. The van der Waals surface area contributed by atoms with Gasteiger partial charge in [0.05, 0.1) is 23.9 Å². The number of carbonyl (C=O) groups is 2. The molecule has 0 atom stereocenters. The number of hydrogen-bond acceptors (Lipinski definition) is 7. The lowest BCUT2D eigenvalue weighted by molar-refractivity contribution is -0.192. The quantitative estimate of drug-likeness (QED) is 0.351.